The van der Waals surface area contributed by atoms with E-state index in [0.29, 0.717) is 10.9 Å². The van der Waals surface area contributed by atoms with Crippen molar-refractivity contribution in [3.8, 4) is 0 Å². The minimum Gasteiger partial charge on any atom is -0.496 e. The number of para-hydroxylation sites is 1. The summed E-state index contributed by atoms with van der Waals surface area (Å²) in [6.07, 6.45) is 7.93. The number of hydrogen-bond acceptors (Lipinski definition) is 2. The molecule has 0 aliphatic carbocycles. The topological polar surface area (TPSA) is 28.3 Å². The first kappa shape index (κ1) is 18.1. The lowest BCUT2D eigenvalue weighted by atomic mass is 10.1. The van der Waals surface area contributed by atoms with Crippen LogP contribution in [-0.2, 0) is 17.6 Å². The molecule has 3 nitrogen and oxygen atoms in total. The van der Waals surface area contributed by atoms with E-state index in [1.165, 1.54) is 27.2 Å². The van der Waals surface area contributed by atoms with Crippen molar-refractivity contribution in [3.05, 3.63) is 70.2 Å². The lowest BCUT2D eigenvalue weighted by Crippen LogP contribution is -2.32. The molecular weight excluding hydrogens is 372 g/mol. The first-order valence-corrected chi connectivity index (χ1v) is 10.00. The fourth-order valence-corrected chi connectivity index (χ4v) is 3.88. The molecule has 5 heteroatoms. The van der Waals surface area contributed by atoms with Gasteiger partial charge >= 0.3 is 0 Å². The number of nitrogens with one attached hydrogen (secondary N) is 1. The quantitative estimate of drug-likeness (QED) is 0.497. The Morgan fingerprint density at radius 3 is 2.85 bits per heavy atom. The highest BCUT2D eigenvalue weighted by molar-refractivity contribution is 8.10. The molecule has 0 amide bonds. The van der Waals surface area contributed by atoms with Crippen molar-refractivity contribution in [3.63, 3.8) is 0 Å². The molecular formula is C22H22N2OS2. The van der Waals surface area contributed by atoms with Gasteiger partial charge in [-0.15, -0.1) is 12.6 Å². The Morgan fingerprint density at radius 2 is 1.96 bits per heavy atom. The number of H-pyrrole nitrogens is 1. The molecule has 0 radical (unpaired) electrons. The van der Waals surface area contributed by atoms with Gasteiger partial charge in [0.15, 0.2) is 0 Å². The molecule has 1 N–H and O–H groups in total. The summed E-state index contributed by atoms with van der Waals surface area (Å²) in [6, 6.07) is 14.9. The molecule has 27 heavy (non-hydrogen) atoms. The van der Waals surface area contributed by atoms with Gasteiger partial charge in [-0.25, -0.2) is 0 Å². The number of hydrogen-bond donors (Lipinski definition) is 2. The van der Waals surface area contributed by atoms with Gasteiger partial charge in [-0.3, -0.25) is 0 Å². The van der Waals surface area contributed by atoms with Crippen LogP contribution in [0.1, 0.15) is 11.1 Å². The normalized spacial score (nSPS) is 12.6. The third kappa shape index (κ3) is 4.20. The predicted molar refractivity (Wildman–Crippen MR) is 119 cm³/mol. The van der Waals surface area contributed by atoms with Crippen molar-refractivity contribution < 1.29 is 4.74 Å². The molecule has 138 valence electrons. The fraction of sp³-hybridized carbons (Fsp3) is 0.227. The summed E-state index contributed by atoms with van der Waals surface area (Å²) in [5.74, 6) is 0. The van der Waals surface area contributed by atoms with Crippen molar-refractivity contribution in [2.45, 2.75) is 12.8 Å². The monoisotopic (exact) mass is 394 g/mol. The molecule has 1 aliphatic rings. The van der Waals surface area contributed by atoms with E-state index in [2.05, 4.69) is 77.3 Å². The van der Waals surface area contributed by atoms with E-state index in [4.69, 9.17) is 17.0 Å². The van der Waals surface area contributed by atoms with Gasteiger partial charge in [0.1, 0.15) is 10.9 Å². The molecule has 2 heterocycles. The molecule has 4 rings (SSSR count). The summed E-state index contributed by atoms with van der Waals surface area (Å²) < 4.78 is 6.00. The van der Waals surface area contributed by atoms with Gasteiger partial charge in [0.25, 0.3) is 0 Å². The zero-order valence-electron chi connectivity index (χ0n) is 15.0. The highest BCUT2D eigenvalue weighted by atomic mass is 32.1. The first-order valence-electron chi connectivity index (χ1n) is 9.14. The van der Waals surface area contributed by atoms with Crippen LogP contribution in [0, 0.1) is 0 Å². The number of thiocarbonyl (C=S) groups is 1. The minimum atomic E-state index is 0.647. The van der Waals surface area contributed by atoms with Crippen LogP contribution in [0.4, 0.5) is 0 Å². The summed E-state index contributed by atoms with van der Waals surface area (Å²) >= 11 is 9.82. The van der Waals surface area contributed by atoms with Gasteiger partial charge < -0.3 is 14.6 Å². The number of fused-ring (bicyclic) bond motifs is 2. The summed E-state index contributed by atoms with van der Waals surface area (Å²) in [4.78, 5) is 5.52. The zero-order chi connectivity index (χ0) is 18.6. The van der Waals surface area contributed by atoms with Crippen LogP contribution in [0.25, 0.3) is 23.2 Å². The van der Waals surface area contributed by atoms with E-state index in [-0.39, 0.29) is 0 Å². The molecule has 0 atom stereocenters. The minimum absolute atomic E-state index is 0.647. The van der Waals surface area contributed by atoms with Crippen molar-refractivity contribution in [1.82, 2.24) is 9.88 Å². The molecule has 0 spiro atoms. The zero-order valence-corrected chi connectivity index (χ0v) is 16.7. The lowest BCUT2D eigenvalue weighted by Gasteiger charge is -2.22. The number of benzene rings is 2. The number of ether oxygens (including phenoxy) is 1. The Balaban J connectivity index is 1.42. The van der Waals surface area contributed by atoms with Gasteiger partial charge in [-0.1, -0.05) is 48.6 Å². The maximum absolute atomic E-state index is 5.37. The molecule has 0 bridgehead atoms. The SMILES string of the molecule is S=C(S)N(CCc1ccc2c(c1)=CCOC=2)CCc1c[nH]c2ccccc12. The smallest absolute Gasteiger partial charge is 0.133 e. The Bertz CT molecular complexity index is 1090. The Morgan fingerprint density at radius 1 is 1.11 bits per heavy atom. The molecule has 3 aromatic rings. The van der Waals surface area contributed by atoms with Crippen LogP contribution < -0.4 is 10.4 Å². The number of aromatic amines is 1. The van der Waals surface area contributed by atoms with Crippen molar-refractivity contribution in [1.29, 1.82) is 0 Å². The molecule has 1 aromatic heterocycles. The van der Waals surface area contributed by atoms with Crippen LogP contribution in [0.5, 0.6) is 0 Å². The number of rotatable bonds is 6. The first-order chi connectivity index (χ1) is 13.2. The van der Waals surface area contributed by atoms with Crippen LogP contribution >= 0.6 is 24.8 Å². The van der Waals surface area contributed by atoms with Crippen LogP contribution in [0.15, 0.2) is 48.7 Å². The van der Waals surface area contributed by atoms with Gasteiger partial charge in [0.2, 0.25) is 0 Å². The van der Waals surface area contributed by atoms with Crippen LogP contribution in [0.3, 0.4) is 0 Å². The number of thiol groups is 1. The molecule has 0 saturated carbocycles. The standard InChI is InChI=1S/C22H22N2OS2/c26-22(27)24(11-8-18-14-23-21-4-2-1-3-20(18)21)10-7-16-5-6-19-15-25-12-9-17(19)13-16/h1-6,9,13-15,23H,7-8,10-12H2,(H,26,27). The lowest BCUT2D eigenvalue weighted by molar-refractivity contribution is 0.346. The second-order valence-electron chi connectivity index (χ2n) is 6.75. The average molecular weight is 395 g/mol. The van der Waals surface area contributed by atoms with E-state index in [0.717, 1.165) is 31.1 Å². The van der Waals surface area contributed by atoms with Crippen molar-refractivity contribution in [2.24, 2.45) is 0 Å². The maximum atomic E-state index is 5.37. The average Bonchev–Trinajstić information content (AvgIpc) is 3.11. The second-order valence-corrected chi connectivity index (χ2v) is 7.86. The summed E-state index contributed by atoms with van der Waals surface area (Å²) in [5.41, 5.74) is 3.81. The van der Waals surface area contributed by atoms with E-state index < -0.39 is 0 Å². The Kier molecular flexibility index (Phi) is 5.50. The Labute approximate surface area is 169 Å². The molecule has 1 aliphatic heterocycles. The summed E-state index contributed by atoms with van der Waals surface area (Å²) in [6.45, 7) is 2.38. The van der Waals surface area contributed by atoms with E-state index >= 15 is 0 Å². The van der Waals surface area contributed by atoms with Crippen LogP contribution in [0.2, 0.25) is 0 Å². The van der Waals surface area contributed by atoms with Gasteiger partial charge in [-0.2, -0.15) is 0 Å². The third-order valence-electron chi connectivity index (χ3n) is 5.03. The van der Waals surface area contributed by atoms with Gasteiger partial charge in [0, 0.05) is 35.4 Å². The van der Waals surface area contributed by atoms with Gasteiger partial charge in [0.05, 0.1) is 6.26 Å². The van der Waals surface area contributed by atoms with Crippen molar-refractivity contribution in [2.75, 3.05) is 19.7 Å². The van der Waals surface area contributed by atoms with E-state index in [1.807, 2.05) is 6.26 Å². The number of nitrogens with zero attached hydrogens (tertiary/aromatic N) is 1. The molecule has 2 aromatic carbocycles. The highest BCUT2D eigenvalue weighted by Crippen LogP contribution is 2.18. The second kappa shape index (κ2) is 8.19. The molecule has 0 unspecified atom stereocenters. The number of aromatic nitrogens is 1. The summed E-state index contributed by atoms with van der Waals surface area (Å²) in [5, 5.41) is 3.68. The van der Waals surface area contributed by atoms with E-state index in [9.17, 15) is 0 Å². The summed E-state index contributed by atoms with van der Waals surface area (Å²) in [7, 11) is 0. The van der Waals surface area contributed by atoms with Crippen molar-refractivity contribution >= 4 is 52.4 Å². The van der Waals surface area contributed by atoms with E-state index in [1.54, 1.807) is 0 Å². The van der Waals surface area contributed by atoms with Gasteiger partial charge in [-0.05, 0) is 41.3 Å². The predicted octanol–water partition coefficient (Wildman–Crippen LogP) is 3.02. The van der Waals surface area contributed by atoms with Crippen LogP contribution in [-0.4, -0.2) is 33.9 Å². The third-order valence-corrected chi connectivity index (χ3v) is 5.57. The molecule has 0 saturated heterocycles. The largest absolute Gasteiger partial charge is 0.496 e. The Hall–Kier alpha value is -2.24. The maximum Gasteiger partial charge on any atom is 0.133 e. The molecule has 0 fully saturated rings. The fourth-order valence-electron chi connectivity index (χ4n) is 3.50. The highest BCUT2D eigenvalue weighted by Gasteiger charge is 2.10.